The van der Waals surface area contributed by atoms with Gasteiger partial charge in [-0.3, -0.25) is 14.5 Å². The fraction of sp³-hybridized carbons (Fsp3) is 0.429. The Morgan fingerprint density at radius 3 is 2.12 bits per heavy atom. The number of rotatable bonds is 3. The van der Waals surface area contributed by atoms with E-state index in [4.69, 9.17) is 4.74 Å². The molecular formula is C28H31N3O3. The molecule has 3 aliphatic heterocycles. The zero-order chi connectivity index (χ0) is 23.1. The first-order chi connectivity index (χ1) is 16.7. The molecule has 176 valence electrons. The van der Waals surface area contributed by atoms with Crippen molar-refractivity contribution in [3.8, 4) is 0 Å². The molecule has 3 heterocycles. The number of fused-ring (bicyclic) bond motifs is 2. The summed E-state index contributed by atoms with van der Waals surface area (Å²) in [5, 5.41) is 4.23. The van der Waals surface area contributed by atoms with E-state index >= 15 is 0 Å². The van der Waals surface area contributed by atoms with E-state index in [-0.39, 0.29) is 17.7 Å². The number of likely N-dealkylation sites (tertiary alicyclic amines) is 2. The van der Waals surface area contributed by atoms with Crippen LogP contribution in [0.1, 0.15) is 23.2 Å². The lowest BCUT2D eigenvalue weighted by molar-refractivity contribution is -0.142. The molecule has 3 aliphatic rings. The quantitative estimate of drug-likeness (QED) is 0.566. The molecule has 0 radical (unpaired) electrons. The second-order valence-electron chi connectivity index (χ2n) is 9.83. The number of morpholine rings is 1. The van der Waals surface area contributed by atoms with Crippen LogP contribution in [-0.4, -0.2) is 85.0 Å². The summed E-state index contributed by atoms with van der Waals surface area (Å²) in [6.07, 6.45) is 2.00. The van der Waals surface area contributed by atoms with Crippen molar-refractivity contribution < 1.29 is 14.3 Å². The summed E-state index contributed by atoms with van der Waals surface area (Å²) >= 11 is 0. The Hall–Kier alpha value is -2.96. The van der Waals surface area contributed by atoms with Crippen LogP contribution in [0, 0.1) is 5.92 Å². The number of carbonyl (C=O) groups excluding carboxylic acids is 2. The van der Waals surface area contributed by atoms with Gasteiger partial charge in [0.1, 0.15) is 0 Å². The van der Waals surface area contributed by atoms with E-state index in [2.05, 4.69) is 35.2 Å². The third-order valence-corrected chi connectivity index (χ3v) is 7.78. The normalized spacial score (nSPS) is 22.2. The molecule has 1 atom stereocenters. The monoisotopic (exact) mass is 457 g/mol. The Balaban J connectivity index is 1.17. The molecule has 0 saturated carbocycles. The fourth-order valence-corrected chi connectivity index (χ4v) is 5.84. The lowest BCUT2D eigenvalue weighted by Crippen LogP contribution is -2.63. The van der Waals surface area contributed by atoms with Crippen LogP contribution in [0.2, 0.25) is 0 Å². The van der Waals surface area contributed by atoms with Crippen molar-refractivity contribution in [2.24, 2.45) is 5.92 Å². The van der Waals surface area contributed by atoms with E-state index in [1.807, 2.05) is 34.1 Å². The third kappa shape index (κ3) is 3.85. The molecule has 3 saturated heterocycles. The smallest absolute Gasteiger partial charge is 0.255 e. The van der Waals surface area contributed by atoms with Gasteiger partial charge in [0.15, 0.2) is 0 Å². The average Bonchev–Trinajstić information content (AvgIpc) is 2.86. The third-order valence-electron chi connectivity index (χ3n) is 7.78. The van der Waals surface area contributed by atoms with Gasteiger partial charge in [0, 0.05) is 38.8 Å². The van der Waals surface area contributed by atoms with Crippen LogP contribution in [0.15, 0.2) is 54.6 Å². The molecule has 0 N–H and O–H groups in total. The Bertz CT molecular complexity index is 1180. The maximum atomic E-state index is 13.7. The number of hydrogen-bond acceptors (Lipinski definition) is 4. The van der Waals surface area contributed by atoms with E-state index in [1.54, 1.807) is 0 Å². The highest BCUT2D eigenvalue weighted by molar-refractivity contribution is 6.18. The average molecular weight is 458 g/mol. The van der Waals surface area contributed by atoms with Crippen LogP contribution in [0.5, 0.6) is 0 Å². The number of carbonyl (C=O) groups is 2. The van der Waals surface area contributed by atoms with Gasteiger partial charge in [-0.05, 0) is 47.0 Å². The summed E-state index contributed by atoms with van der Waals surface area (Å²) in [7, 11) is 0. The molecule has 3 aromatic carbocycles. The molecule has 6 nitrogen and oxygen atoms in total. The van der Waals surface area contributed by atoms with Crippen LogP contribution < -0.4 is 0 Å². The number of hydrogen-bond donors (Lipinski definition) is 0. The fourth-order valence-electron chi connectivity index (χ4n) is 5.84. The van der Waals surface area contributed by atoms with Crippen molar-refractivity contribution in [2.75, 3.05) is 52.5 Å². The SMILES string of the molecule is O=C(c1c2ccccc2cc2ccccc12)N1CC(N2CCCC(C(=O)N3CCOCC3)C2)C1. The molecule has 6 heteroatoms. The zero-order valence-electron chi connectivity index (χ0n) is 19.5. The first-order valence-electron chi connectivity index (χ1n) is 12.5. The number of piperidine rings is 1. The molecule has 1 unspecified atom stereocenters. The van der Waals surface area contributed by atoms with Crippen molar-refractivity contribution in [1.82, 2.24) is 14.7 Å². The van der Waals surface area contributed by atoms with Crippen LogP contribution >= 0.6 is 0 Å². The van der Waals surface area contributed by atoms with Crippen molar-refractivity contribution in [3.05, 3.63) is 60.2 Å². The highest BCUT2D eigenvalue weighted by atomic mass is 16.5. The van der Waals surface area contributed by atoms with E-state index in [9.17, 15) is 9.59 Å². The lowest BCUT2D eigenvalue weighted by atomic mass is 9.92. The zero-order valence-corrected chi connectivity index (χ0v) is 19.5. The Morgan fingerprint density at radius 1 is 0.794 bits per heavy atom. The van der Waals surface area contributed by atoms with Gasteiger partial charge in [-0.2, -0.15) is 0 Å². The van der Waals surface area contributed by atoms with Gasteiger partial charge < -0.3 is 14.5 Å². The van der Waals surface area contributed by atoms with Gasteiger partial charge in [0.25, 0.3) is 5.91 Å². The molecule has 0 spiro atoms. The maximum absolute atomic E-state index is 13.7. The molecule has 2 amide bonds. The first-order valence-corrected chi connectivity index (χ1v) is 12.5. The predicted molar refractivity (Wildman–Crippen MR) is 133 cm³/mol. The number of benzene rings is 3. The second-order valence-corrected chi connectivity index (χ2v) is 9.83. The largest absolute Gasteiger partial charge is 0.378 e. The molecule has 0 bridgehead atoms. The predicted octanol–water partition coefficient (Wildman–Crippen LogP) is 3.39. The summed E-state index contributed by atoms with van der Waals surface area (Å²) in [6.45, 7) is 5.98. The molecule has 6 rings (SSSR count). The minimum absolute atomic E-state index is 0.0682. The van der Waals surface area contributed by atoms with Gasteiger partial charge in [0.05, 0.1) is 24.7 Å². The van der Waals surface area contributed by atoms with Crippen molar-refractivity contribution in [1.29, 1.82) is 0 Å². The molecule has 3 fully saturated rings. The summed E-state index contributed by atoms with van der Waals surface area (Å²) in [5.41, 5.74) is 0.811. The van der Waals surface area contributed by atoms with E-state index in [0.717, 1.165) is 66.1 Å². The van der Waals surface area contributed by atoms with Gasteiger partial charge in [-0.15, -0.1) is 0 Å². The van der Waals surface area contributed by atoms with Crippen LogP contribution in [-0.2, 0) is 9.53 Å². The second kappa shape index (κ2) is 9.01. The minimum atomic E-state index is 0.0682. The van der Waals surface area contributed by atoms with Gasteiger partial charge in [0.2, 0.25) is 5.91 Å². The molecular weight excluding hydrogens is 426 g/mol. The summed E-state index contributed by atoms with van der Waals surface area (Å²) in [4.78, 5) is 33.1. The first kappa shape index (κ1) is 21.6. The summed E-state index contributed by atoms with van der Waals surface area (Å²) in [6, 6.07) is 18.8. The number of nitrogens with zero attached hydrogens (tertiary/aromatic N) is 3. The van der Waals surface area contributed by atoms with Gasteiger partial charge >= 0.3 is 0 Å². The Morgan fingerprint density at radius 2 is 1.44 bits per heavy atom. The highest BCUT2D eigenvalue weighted by Gasteiger charge is 2.39. The highest BCUT2D eigenvalue weighted by Crippen LogP contribution is 2.32. The molecule has 34 heavy (non-hydrogen) atoms. The Kier molecular flexibility index (Phi) is 5.71. The molecule has 0 aromatic heterocycles. The van der Waals surface area contributed by atoms with Crippen molar-refractivity contribution in [2.45, 2.75) is 18.9 Å². The maximum Gasteiger partial charge on any atom is 0.255 e. The number of ether oxygens (including phenoxy) is 1. The van der Waals surface area contributed by atoms with Crippen LogP contribution in [0.25, 0.3) is 21.5 Å². The van der Waals surface area contributed by atoms with Crippen molar-refractivity contribution in [3.63, 3.8) is 0 Å². The van der Waals surface area contributed by atoms with Crippen LogP contribution in [0.4, 0.5) is 0 Å². The summed E-state index contributed by atoms with van der Waals surface area (Å²) < 4.78 is 5.41. The van der Waals surface area contributed by atoms with E-state index in [0.29, 0.717) is 32.3 Å². The van der Waals surface area contributed by atoms with E-state index in [1.165, 1.54) is 0 Å². The standard InChI is InChI=1S/C28H31N3O3/c32-27(29-12-14-34-15-13-29)22-8-5-11-30(17-22)23-18-31(19-23)28(33)26-24-9-3-1-6-20(24)16-21-7-2-4-10-25(21)26/h1-4,6-7,9-10,16,22-23H,5,8,11-15,17-19H2. The summed E-state index contributed by atoms with van der Waals surface area (Å²) in [5.74, 6) is 0.461. The topological polar surface area (TPSA) is 53.1 Å². The van der Waals surface area contributed by atoms with Gasteiger partial charge in [-0.1, -0.05) is 48.5 Å². The van der Waals surface area contributed by atoms with Crippen molar-refractivity contribution >= 4 is 33.4 Å². The lowest BCUT2D eigenvalue weighted by Gasteiger charge is -2.48. The van der Waals surface area contributed by atoms with Gasteiger partial charge in [-0.25, -0.2) is 0 Å². The number of amides is 2. The van der Waals surface area contributed by atoms with Crippen LogP contribution in [0.3, 0.4) is 0 Å². The molecule has 0 aliphatic carbocycles. The van der Waals surface area contributed by atoms with E-state index < -0.39 is 0 Å². The Labute approximate surface area is 200 Å². The minimum Gasteiger partial charge on any atom is -0.378 e. The molecule has 3 aromatic rings.